The van der Waals surface area contributed by atoms with E-state index in [0.717, 1.165) is 18.7 Å². The second-order valence-corrected chi connectivity index (χ2v) is 4.23. The summed E-state index contributed by atoms with van der Waals surface area (Å²) in [6.45, 7) is 5.06. The van der Waals surface area contributed by atoms with Crippen molar-refractivity contribution in [2.24, 2.45) is 0 Å². The predicted octanol–water partition coefficient (Wildman–Crippen LogP) is 2.33. The zero-order valence-electron chi connectivity index (χ0n) is 8.50. The first-order chi connectivity index (χ1) is 7.25. The quantitative estimate of drug-likeness (QED) is 0.846. The molecule has 1 aliphatic rings. The molecule has 1 N–H and O–H groups in total. The maximum atomic E-state index is 5.75. The topological polar surface area (TPSA) is 21.3 Å². The first kappa shape index (κ1) is 10.5. The maximum absolute atomic E-state index is 5.75. The second-order valence-electron chi connectivity index (χ2n) is 3.70. The molecule has 0 aliphatic carbocycles. The number of fused-ring (bicyclic) bond motifs is 1. The van der Waals surface area contributed by atoms with Gasteiger partial charge in [0.1, 0.15) is 11.9 Å². The van der Waals surface area contributed by atoms with Gasteiger partial charge in [-0.15, -0.1) is 0 Å². The van der Waals surface area contributed by atoms with Crippen molar-refractivity contribution in [2.45, 2.75) is 12.5 Å². The van der Waals surface area contributed by atoms with Gasteiger partial charge in [0.2, 0.25) is 0 Å². The van der Waals surface area contributed by atoms with Crippen LogP contribution in [-0.2, 0) is 6.42 Å². The summed E-state index contributed by atoms with van der Waals surface area (Å²) in [6.07, 6.45) is 1.19. The molecule has 2 rings (SSSR count). The van der Waals surface area contributed by atoms with E-state index in [1.54, 1.807) is 0 Å². The summed E-state index contributed by atoms with van der Waals surface area (Å²) < 4.78 is 5.75. The summed E-state index contributed by atoms with van der Waals surface area (Å²) in [5, 5.41) is 3.84. The van der Waals surface area contributed by atoms with Crippen LogP contribution in [0.1, 0.15) is 5.56 Å². The summed E-state index contributed by atoms with van der Waals surface area (Å²) >= 11 is 5.65. The summed E-state index contributed by atoms with van der Waals surface area (Å²) in [5.74, 6) is 1.01. The third-order valence-electron chi connectivity index (χ3n) is 2.40. The molecule has 3 heteroatoms. The van der Waals surface area contributed by atoms with Crippen LogP contribution in [0.15, 0.2) is 35.9 Å². The Hall–Kier alpha value is -0.990. The Morgan fingerprint density at radius 2 is 2.33 bits per heavy atom. The number of nitrogens with one attached hydrogen (secondary N) is 1. The molecule has 0 radical (unpaired) electrons. The molecular formula is C12H14ClNO. The third kappa shape index (κ3) is 2.74. The second kappa shape index (κ2) is 4.69. The van der Waals surface area contributed by atoms with Crippen LogP contribution in [0.3, 0.4) is 0 Å². The van der Waals surface area contributed by atoms with Crippen molar-refractivity contribution >= 4 is 11.6 Å². The SMILES string of the molecule is C=C(Cl)CNCC1Cc2ccccc2O1. The van der Waals surface area contributed by atoms with Crippen LogP contribution in [-0.4, -0.2) is 19.2 Å². The van der Waals surface area contributed by atoms with Gasteiger partial charge in [-0.1, -0.05) is 36.4 Å². The minimum atomic E-state index is 0.221. The van der Waals surface area contributed by atoms with Crippen LogP contribution in [0.2, 0.25) is 0 Å². The molecule has 0 saturated carbocycles. The predicted molar refractivity (Wildman–Crippen MR) is 62.4 cm³/mol. The largest absolute Gasteiger partial charge is 0.488 e. The molecule has 1 aromatic rings. The van der Waals surface area contributed by atoms with Gasteiger partial charge in [0, 0.05) is 24.5 Å². The molecule has 1 aromatic carbocycles. The fourth-order valence-corrected chi connectivity index (χ4v) is 1.83. The monoisotopic (exact) mass is 223 g/mol. The molecule has 0 fully saturated rings. The van der Waals surface area contributed by atoms with Gasteiger partial charge in [-0.3, -0.25) is 0 Å². The molecule has 1 heterocycles. The lowest BCUT2D eigenvalue weighted by Crippen LogP contribution is -2.30. The number of benzene rings is 1. The van der Waals surface area contributed by atoms with E-state index in [2.05, 4.69) is 18.0 Å². The van der Waals surface area contributed by atoms with Crippen LogP contribution < -0.4 is 10.1 Å². The van der Waals surface area contributed by atoms with Gasteiger partial charge < -0.3 is 10.1 Å². The smallest absolute Gasteiger partial charge is 0.123 e. The van der Waals surface area contributed by atoms with E-state index in [1.807, 2.05) is 18.2 Å². The number of hydrogen-bond donors (Lipinski definition) is 1. The Balaban J connectivity index is 1.83. The minimum absolute atomic E-state index is 0.221. The molecule has 1 unspecified atom stereocenters. The molecule has 80 valence electrons. The molecule has 0 amide bonds. The van der Waals surface area contributed by atoms with Crippen molar-refractivity contribution in [2.75, 3.05) is 13.1 Å². The number of ether oxygens (including phenoxy) is 1. The number of hydrogen-bond acceptors (Lipinski definition) is 2. The van der Waals surface area contributed by atoms with Crippen molar-refractivity contribution in [3.63, 3.8) is 0 Å². The summed E-state index contributed by atoms with van der Waals surface area (Å²) in [4.78, 5) is 0. The third-order valence-corrected chi connectivity index (χ3v) is 2.54. The lowest BCUT2D eigenvalue weighted by Gasteiger charge is -2.11. The highest BCUT2D eigenvalue weighted by molar-refractivity contribution is 6.29. The van der Waals surface area contributed by atoms with E-state index in [0.29, 0.717) is 11.6 Å². The molecule has 0 aromatic heterocycles. The zero-order chi connectivity index (χ0) is 10.7. The van der Waals surface area contributed by atoms with Gasteiger partial charge in [-0.2, -0.15) is 0 Å². The Kier molecular flexibility index (Phi) is 3.29. The minimum Gasteiger partial charge on any atom is -0.488 e. The summed E-state index contributed by atoms with van der Waals surface area (Å²) in [7, 11) is 0. The average Bonchev–Trinajstić information content (AvgIpc) is 2.59. The van der Waals surface area contributed by atoms with Crippen LogP contribution >= 0.6 is 11.6 Å². The fourth-order valence-electron chi connectivity index (χ4n) is 1.74. The number of rotatable bonds is 4. The van der Waals surface area contributed by atoms with Crippen LogP contribution in [0.25, 0.3) is 0 Å². The highest BCUT2D eigenvalue weighted by Gasteiger charge is 2.21. The van der Waals surface area contributed by atoms with Gasteiger partial charge in [-0.25, -0.2) is 0 Å². The Bertz CT molecular complexity index is 339. The maximum Gasteiger partial charge on any atom is 0.123 e. The molecule has 2 nitrogen and oxygen atoms in total. The first-order valence-electron chi connectivity index (χ1n) is 5.04. The number of halogens is 1. The molecule has 0 saturated heterocycles. The van der Waals surface area contributed by atoms with E-state index >= 15 is 0 Å². The van der Waals surface area contributed by atoms with Crippen molar-refractivity contribution < 1.29 is 4.74 Å². The summed E-state index contributed by atoms with van der Waals surface area (Å²) in [5.41, 5.74) is 1.29. The van der Waals surface area contributed by atoms with Crippen molar-refractivity contribution in [1.82, 2.24) is 5.32 Å². The Morgan fingerprint density at radius 3 is 3.07 bits per heavy atom. The first-order valence-corrected chi connectivity index (χ1v) is 5.42. The average molecular weight is 224 g/mol. The highest BCUT2D eigenvalue weighted by atomic mass is 35.5. The van der Waals surface area contributed by atoms with E-state index in [-0.39, 0.29) is 6.10 Å². The van der Waals surface area contributed by atoms with Crippen LogP contribution in [0, 0.1) is 0 Å². The van der Waals surface area contributed by atoms with Gasteiger partial charge in [-0.05, 0) is 11.6 Å². The van der Waals surface area contributed by atoms with Crippen LogP contribution in [0.5, 0.6) is 5.75 Å². The van der Waals surface area contributed by atoms with Gasteiger partial charge in [0.05, 0.1) is 0 Å². The van der Waals surface area contributed by atoms with Gasteiger partial charge >= 0.3 is 0 Å². The van der Waals surface area contributed by atoms with Crippen molar-refractivity contribution in [3.8, 4) is 5.75 Å². The fraction of sp³-hybridized carbons (Fsp3) is 0.333. The Labute approximate surface area is 94.9 Å². The lowest BCUT2D eigenvalue weighted by atomic mass is 10.1. The molecular weight excluding hydrogens is 210 g/mol. The normalized spacial score (nSPS) is 18.3. The van der Waals surface area contributed by atoms with Gasteiger partial charge in [0.25, 0.3) is 0 Å². The van der Waals surface area contributed by atoms with Crippen LogP contribution in [0.4, 0.5) is 0 Å². The van der Waals surface area contributed by atoms with E-state index in [4.69, 9.17) is 16.3 Å². The summed E-state index contributed by atoms with van der Waals surface area (Å²) in [6, 6.07) is 8.15. The number of para-hydroxylation sites is 1. The molecule has 0 spiro atoms. The Morgan fingerprint density at radius 1 is 1.53 bits per heavy atom. The highest BCUT2D eigenvalue weighted by Crippen LogP contribution is 2.27. The standard InChI is InChI=1S/C12H14ClNO/c1-9(13)7-14-8-11-6-10-4-2-3-5-12(10)15-11/h2-5,11,14H,1,6-8H2. The van der Waals surface area contributed by atoms with E-state index in [1.165, 1.54) is 5.56 Å². The van der Waals surface area contributed by atoms with Crippen molar-refractivity contribution in [1.29, 1.82) is 0 Å². The molecule has 1 atom stereocenters. The van der Waals surface area contributed by atoms with E-state index < -0.39 is 0 Å². The lowest BCUT2D eigenvalue weighted by molar-refractivity contribution is 0.229. The molecule has 1 aliphatic heterocycles. The zero-order valence-corrected chi connectivity index (χ0v) is 9.26. The molecule has 15 heavy (non-hydrogen) atoms. The van der Waals surface area contributed by atoms with Gasteiger partial charge in [0.15, 0.2) is 0 Å². The van der Waals surface area contributed by atoms with E-state index in [9.17, 15) is 0 Å². The molecule has 0 bridgehead atoms. The van der Waals surface area contributed by atoms with Crippen molar-refractivity contribution in [3.05, 3.63) is 41.4 Å².